The Morgan fingerprint density at radius 1 is 0.919 bits per heavy atom. The molecule has 0 aromatic heterocycles. The molecule has 37 heavy (non-hydrogen) atoms. The fourth-order valence-corrected chi connectivity index (χ4v) is 4.43. The molecule has 12 heteroatoms. The highest BCUT2D eigenvalue weighted by Crippen LogP contribution is 2.37. The summed E-state index contributed by atoms with van der Waals surface area (Å²) in [5, 5.41) is 0. The van der Waals surface area contributed by atoms with Gasteiger partial charge in [-0.1, -0.05) is 26.0 Å². The molecular weight excluding hydrogens is 508 g/mol. The number of hydrogen-bond donors (Lipinski definition) is 0. The van der Waals surface area contributed by atoms with Gasteiger partial charge in [0.15, 0.2) is 11.5 Å². The zero-order valence-corrected chi connectivity index (χ0v) is 21.5. The predicted molar refractivity (Wildman–Crippen MR) is 128 cm³/mol. The van der Waals surface area contributed by atoms with Crippen molar-refractivity contribution >= 4 is 28.6 Å². The average Bonchev–Trinajstić information content (AvgIpc) is 2.83. The van der Waals surface area contributed by atoms with E-state index in [4.69, 9.17) is 27.3 Å². The Kier molecular flexibility index (Phi) is 9.11. The maximum atomic E-state index is 12.5. The molecule has 11 nitrogen and oxygen atoms in total. The summed E-state index contributed by atoms with van der Waals surface area (Å²) in [5.41, 5.74) is 0.350. The van der Waals surface area contributed by atoms with E-state index in [0.29, 0.717) is 11.8 Å². The van der Waals surface area contributed by atoms with Crippen LogP contribution in [-0.2, 0) is 34.2 Å². The maximum Gasteiger partial charge on any atom is 0.501 e. The van der Waals surface area contributed by atoms with Crippen molar-refractivity contribution in [1.82, 2.24) is 0 Å². The molecule has 0 spiro atoms. The van der Waals surface area contributed by atoms with E-state index in [1.165, 1.54) is 50.2 Å². The van der Waals surface area contributed by atoms with Gasteiger partial charge in [0.1, 0.15) is 30.9 Å². The van der Waals surface area contributed by atoms with Gasteiger partial charge in [-0.15, -0.1) is 8.42 Å². The van der Waals surface area contributed by atoms with Crippen LogP contribution in [0.25, 0.3) is 0 Å². The third kappa shape index (κ3) is 7.67. The summed E-state index contributed by atoms with van der Waals surface area (Å²) in [6.07, 6.45) is -1.83. The molecule has 0 N–H and O–H groups in total. The number of esters is 2. The summed E-state index contributed by atoms with van der Waals surface area (Å²) < 4.78 is 57.7. The van der Waals surface area contributed by atoms with Gasteiger partial charge in [-0.05, 0) is 36.4 Å². The molecule has 3 rings (SSSR count). The fraction of sp³-hybridized carbons (Fsp3) is 0.400. The molecule has 0 bridgehead atoms. The summed E-state index contributed by atoms with van der Waals surface area (Å²) in [7, 11) is -4.57. The molecule has 1 fully saturated rings. The summed E-state index contributed by atoms with van der Waals surface area (Å²) in [6, 6.07) is 11.4. The van der Waals surface area contributed by atoms with Gasteiger partial charge in [-0.3, -0.25) is 14.4 Å². The van der Waals surface area contributed by atoms with E-state index in [1.54, 1.807) is 12.1 Å². The SMILES string of the molecule is CC(=O)OC[C@H]1OC(Oc2ccccc2OS(=O)(=O)Oc2ccc(C=O)cc2)[C@H](C)[C@@H](C)[C@H]1OC(C)=O. The molecular formula is C25H28O11S. The van der Waals surface area contributed by atoms with Crippen molar-refractivity contribution in [2.45, 2.75) is 46.2 Å². The van der Waals surface area contributed by atoms with Crippen LogP contribution in [0.4, 0.5) is 0 Å². The Hall–Kier alpha value is -3.64. The van der Waals surface area contributed by atoms with Gasteiger partial charge in [0.05, 0.1) is 0 Å². The molecule has 1 aliphatic heterocycles. The van der Waals surface area contributed by atoms with Crippen molar-refractivity contribution in [2.24, 2.45) is 11.8 Å². The summed E-state index contributed by atoms with van der Waals surface area (Å²) in [6.45, 7) is 6.01. The Bertz CT molecular complexity index is 1210. The first-order chi connectivity index (χ1) is 17.5. The maximum absolute atomic E-state index is 12.5. The summed E-state index contributed by atoms with van der Waals surface area (Å²) in [5.74, 6) is -1.79. The van der Waals surface area contributed by atoms with Crippen LogP contribution < -0.4 is 13.1 Å². The zero-order chi connectivity index (χ0) is 27.2. The van der Waals surface area contributed by atoms with Gasteiger partial charge in [0.25, 0.3) is 0 Å². The molecule has 1 heterocycles. The lowest BCUT2D eigenvalue weighted by atomic mass is 9.84. The number of hydrogen-bond acceptors (Lipinski definition) is 11. The highest BCUT2D eigenvalue weighted by atomic mass is 32.3. The van der Waals surface area contributed by atoms with E-state index in [-0.39, 0.29) is 35.7 Å². The predicted octanol–water partition coefficient (Wildman–Crippen LogP) is 3.07. The molecule has 2 aromatic rings. The van der Waals surface area contributed by atoms with Crippen LogP contribution >= 0.6 is 0 Å². The number of carbonyl (C=O) groups excluding carboxylic acids is 3. The monoisotopic (exact) mass is 536 g/mol. The average molecular weight is 537 g/mol. The molecule has 1 aliphatic rings. The fourth-order valence-electron chi connectivity index (χ4n) is 3.69. The molecule has 0 aliphatic carbocycles. The molecule has 1 saturated heterocycles. The minimum absolute atomic E-state index is 0.0483. The van der Waals surface area contributed by atoms with Crippen molar-refractivity contribution in [3.63, 3.8) is 0 Å². The van der Waals surface area contributed by atoms with Gasteiger partial charge >= 0.3 is 22.3 Å². The molecule has 1 unspecified atom stereocenters. The summed E-state index contributed by atoms with van der Waals surface area (Å²) >= 11 is 0. The zero-order valence-electron chi connectivity index (χ0n) is 20.7. The van der Waals surface area contributed by atoms with E-state index >= 15 is 0 Å². The highest BCUT2D eigenvalue weighted by molar-refractivity contribution is 7.82. The number of ether oxygens (including phenoxy) is 4. The quantitative estimate of drug-likeness (QED) is 0.327. The van der Waals surface area contributed by atoms with Crippen molar-refractivity contribution in [3.8, 4) is 17.2 Å². The third-order valence-corrected chi connectivity index (χ3v) is 6.48. The van der Waals surface area contributed by atoms with Gasteiger partial charge in [-0.25, -0.2) is 0 Å². The summed E-state index contributed by atoms with van der Waals surface area (Å²) in [4.78, 5) is 33.8. The van der Waals surface area contributed by atoms with E-state index in [2.05, 4.69) is 0 Å². The van der Waals surface area contributed by atoms with E-state index in [0.717, 1.165) is 0 Å². The van der Waals surface area contributed by atoms with E-state index in [9.17, 15) is 22.8 Å². The lowest BCUT2D eigenvalue weighted by Gasteiger charge is -2.43. The molecule has 0 amide bonds. The Morgan fingerprint density at radius 3 is 2.16 bits per heavy atom. The first-order valence-electron chi connectivity index (χ1n) is 11.4. The number of carbonyl (C=O) groups is 3. The lowest BCUT2D eigenvalue weighted by molar-refractivity contribution is -0.248. The van der Waals surface area contributed by atoms with E-state index in [1.807, 2.05) is 13.8 Å². The standard InChI is InChI=1S/C25H28O11S/c1-15-16(2)25(34-23(14-31-17(3)27)24(15)32-18(4)28)33-21-7-5-6-8-22(21)36-37(29,30)35-20-11-9-19(13-26)10-12-20/h5-13,15-16,23-25H,14H2,1-4H3/t15-,16-,23-,24-,25?/m1/s1. The van der Waals surface area contributed by atoms with Crippen LogP contribution in [0.15, 0.2) is 48.5 Å². The Morgan fingerprint density at radius 2 is 1.57 bits per heavy atom. The number of para-hydroxylation sites is 2. The van der Waals surface area contributed by atoms with Crippen molar-refractivity contribution in [2.75, 3.05) is 6.61 Å². The molecule has 2 aromatic carbocycles. The third-order valence-electron chi connectivity index (χ3n) is 5.70. The van der Waals surface area contributed by atoms with Crippen molar-refractivity contribution in [1.29, 1.82) is 0 Å². The lowest BCUT2D eigenvalue weighted by Crippen LogP contribution is -2.54. The highest BCUT2D eigenvalue weighted by Gasteiger charge is 2.45. The molecule has 0 radical (unpaired) electrons. The van der Waals surface area contributed by atoms with E-state index < -0.39 is 40.8 Å². The van der Waals surface area contributed by atoms with Crippen LogP contribution in [0.2, 0.25) is 0 Å². The number of aldehydes is 1. The number of benzene rings is 2. The normalized spacial score (nSPS) is 23.4. The van der Waals surface area contributed by atoms with Crippen LogP contribution in [0.3, 0.4) is 0 Å². The number of rotatable bonds is 10. The topological polar surface area (TPSA) is 141 Å². The van der Waals surface area contributed by atoms with Crippen LogP contribution in [0.1, 0.15) is 38.1 Å². The van der Waals surface area contributed by atoms with Crippen LogP contribution in [0, 0.1) is 11.8 Å². The second-order valence-electron chi connectivity index (χ2n) is 8.46. The van der Waals surface area contributed by atoms with Gasteiger partial charge < -0.3 is 27.3 Å². The molecule has 200 valence electrons. The Balaban J connectivity index is 1.78. The van der Waals surface area contributed by atoms with Crippen LogP contribution in [0.5, 0.6) is 17.2 Å². The first kappa shape index (κ1) is 27.9. The van der Waals surface area contributed by atoms with Crippen molar-refractivity contribution < 1.29 is 50.1 Å². The minimum Gasteiger partial charge on any atom is -0.463 e. The second kappa shape index (κ2) is 12.1. The van der Waals surface area contributed by atoms with Gasteiger partial charge in [0, 0.05) is 31.2 Å². The second-order valence-corrected chi connectivity index (χ2v) is 9.61. The molecule has 5 atom stereocenters. The van der Waals surface area contributed by atoms with Crippen LogP contribution in [-0.4, -0.2) is 51.7 Å². The van der Waals surface area contributed by atoms with Gasteiger partial charge in [0.2, 0.25) is 6.29 Å². The Labute approximate surface area is 214 Å². The smallest absolute Gasteiger partial charge is 0.463 e. The first-order valence-corrected chi connectivity index (χ1v) is 12.7. The largest absolute Gasteiger partial charge is 0.501 e. The minimum atomic E-state index is -4.57. The van der Waals surface area contributed by atoms with Crippen molar-refractivity contribution in [3.05, 3.63) is 54.1 Å². The molecule has 0 saturated carbocycles. The van der Waals surface area contributed by atoms with Gasteiger partial charge in [-0.2, -0.15) is 0 Å².